The van der Waals surface area contributed by atoms with Gasteiger partial charge in [0.1, 0.15) is 5.84 Å². The van der Waals surface area contributed by atoms with Gasteiger partial charge in [-0.1, -0.05) is 24.6 Å². The number of fused-ring (bicyclic) bond motifs is 2. The number of anilines is 1. The first-order valence-corrected chi connectivity index (χ1v) is 8.69. The maximum atomic E-state index is 11.9. The summed E-state index contributed by atoms with van der Waals surface area (Å²) in [5.74, 6) is 0.137. The summed E-state index contributed by atoms with van der Waals surface area (Å²) in [6, 6.07) is 3.78. The highest BCUT2D eigenvalue weighted by atomic mass is 35.5. The van der Waals surface area contributed by atoms with Gasteiger partial charge in [-0.05, 0) is 31.4 Å². The number of hydrogen-bond donors (Lipinski definition) is 1. The second kappa shape index (κ2) is 6.48. The Morgan fingerprint density at radius 2 is 2.25 bits per heavy atom. The molecule has 2 heterocycles. The third-order valence-electron chi connectivity index (χ3n) is 4.54. The Morgan fingerprint density at radius 3 is 2.88 bits per heavy atom. The van der Waals surface area contributed by atoms with Gasteiger partial charge in [0.25, 0.3) is 0 Å². The molecule has 0 bridgehead atoms. The number of carbonyl (C=O) groups excluding carboxylic acids is 1. The van der Waals surface area contributed by atoms with Crippen molar-refractivity contribution in [1.29, 1.82) is 0 Å². The summed E-state index contributed by atoms with van der Waals surface area (Å²) < 4.78 is 0. The Labute approximate surface area is 147 Å². The zero-order valence-electron chi connectivity index (χ0n) is 14.3. The van der Waals surface area contributed by atoms with E-state index in [1.165, 1.54) is 0 Å². The van der Waals surface area contributed by atoms with Gasteiger partial charge in [-0.25, -0.2) is 4.99 Å². The molecule has 0 radical (unpaired) electrons. The zero-order valence-corrected chi connectivity index (χ0v) is 15.1. The van der Waals surface area contributed by atoms with E-state index in [1.54, 1.807) is 0 Å². The van der Waals surface area contributed by atoms with Crippen LogP contribution in [-0.4, -0.2) is 37.3 Å². The number of halogens is 1. The Balaban J connectivity index is 2.27. The van der Waals surface area contributed by atoms with Gasteiger partial charge in [0.05, 0.1) is 22.3 Å². The summed E-state index contributed by atoms with van der Waals surface area (Å²) in [7, 11) is 3.96. The van der Waals surface area contributed by atoms with Crippen LogP contribution in [-0.2, 0) is 4.79 Å². The van der Waals surface area contributed by atoms with Crippen molar-refractivity contribution >= 4 is 40.4 Å². The molecule has 1 aromatic rings. The molecule has 1 aromatic carbocycles. The fraction of sp³-hybridized carbons (Fsp3) is 0.444. The van der Waals surface area contributed by atoms with E-state index >= 15 is 0 Å². The van der Waals surface area contributed by atoms with Gasteiger partial charge in [0, 0.05) is 31.9 Å². The number of hydrogen-bond acceptors (Lipinski definition) is 4. The molecule has 2 aliphatic rings. The van der Waals surface area contributed by atoms with Crippen molar-refractivity contribution in [2.24, 2.45) is 16.6 Å². The molecule has 0 aromatic heterocycles. The molecule has 1 atom stereocenters. The Morgan fingerprint density at radius 1 is 1.50 bits per heavy atom. The van der Waals surface area contributed by atoms with Crippen molar-refractivity contribution in [3.63, 3.8) is 0 Å². The maximum Gasteiger partial charge on any atom is 0.228 e. The zero-order chi connectivity index (χ0) is 17.4. The van der Waals surface area contributed by atoms with Gasteiger partial charge in [-0.3, -0.25) is 4.79 Å². The van der Waals surface area contributed by atoms with E-state index in [4.69, 9.17) is 22.3 Å². The van der Waals surface area contributed by atoms with Crippen LogP contribution in [0.25, 0.3) is 5.70 Å². The lowest BCUT2D eigenvalue weighted by Crippen LogP contribution is -2.46. The van der Waals surface area contributed by atoms with E-state index in [9.17, 15) is 4.79 Å². The molecule has 6 heteroatoms. The summed E-state index contributed by atoms with van der Waals surface area (Å²) in [6.07, 6.45) is 4.74. The second-order valence-corrected chi connectivity index (χ2v) is 6.81. The highest BCUT2D eigenvalue weighted by Crippen LogP contribution is 2.46. The predicted octanol–water partition coefficient (Wildman–Crippen LogP) is 3.40. The predicted molar refractivity (Wildman–Crippen MR) is 99.8 cm³/mol. The van der Waals surface area contributed by atoms with Crippen molar-refractivity contribution in [2.45, 2.75) is 26.2 Å². The van der Waals surface area contributed by atoms with Crippen molar-refractivity contribution in [3.05, 3.63) is 28.8 Å². The topological polar surface area (TPSA) is 61.9 Å². The van der Waals surface area contributed by atoms with E-state index in [2.05, 4.69) is 17.9 Å². The van der Waals surface area contributed by atoms with Crippen LogP contribution in [0.3, 0.4) is 0 Å². The minimum absolute atomic E-state index is 0.306. The fourth-order valence-corrected chi connectivity index (χ4v) is 3.87. The molecule has 24 heavy (non-hydrogen) atoms. The molecule has 0 aliphatic carbocycles. The largest absolute Gasteiger partial charge is 0.376 e. The van der Waals surface area contributed by atoms with E-state index < -0.39 is 0 Å². The van der Waals surface area contributed by atoms with Crippen molar-refractivity contribution in [2.75, 3.05) is 25.5 Å². The number of rotatable bonds is 3. The quantitative estimate of drug-likeness (QED) is 0.912. The van der Waals surface area contributed by atoms with E-state index in [1.807, 2.05) is 31.1 Å². The van der Waals surface area contributed by atoms with Gasteiger partial charge < -0.3 is 15.5 Å². The number of primary amides is 1. The standard InChI is InChI=1S/C18H23ClN4O/c1-4-6-14-15-13(9-8-12(19)16(15)22(2)3)21-18-11(17(20)24)7-5-10-23(14)18/h6,8-9,11H,4-5,7,10H2,1-3H3,(H2,20,24). The molecule has 5 nitrogen and oxygen atoms in total. The molecule has 128 valence electrons. The minimum Gasteiger partial charge on any atom is -0.376 e. The summed E-state index contributed by atoms with van der Waals surface area (Å²) in [5.41, 5.74) is 9.54. The number of carbonyl (C=O) groups is 1. The van der Waals surface area contributed by atoms with Crippen LogP contribution >= 0.6 is 11.6 Å². The Kier molecular flexibility index (Phi) is 4.54. The molecule has 1 saturated heterocycles. The summed E-state index contributed by atoms with van der Waals surface area (Å²) >= 11 is 6.47. The number of nitrogens with zero attached hydrogens (tertiary/aromatic N) is 3. The number of allylic oxidation sites excluding steroid dienone is 1. The second-order valence-electron chi connectivity index (χ2n) is 6.40. The summed E-state index contributed by atoms with van der Waals surface area (Å²) in [6.45, 7) is 2.95. The summed E-state index contributed by atoms with van der Waals surface area (Å²) in [4.78, 5) is 20.8. The van der Waals surface area contributed by atoms with Crippen LogP contribution in [0.2, 0.25) is 5.02 Å². The first kappa shape index (κ1) is 16.8. The normalized spacial score (nSPS) is 21.2. The number of nitrogens with two attached hydrogens (primary N) is 1. The van der Waals surface area contributed by atoms with Gasteiger partial charge in [0.2, 0.25) is 5.91 Å². The molecule has 0 spiro atoms. The van der Waals surface area contributed by atoms with Crippen LogP contribution in [0.1, 0.15) is 31.7 Å². The lowest BCUT2D eigenvalue weighted by Gasteiger charge is -2.40. The van der Waals surface area contributed by atoms with Crippen LogP contribution in [0.15, 0.2) is 23.2 Å². The van der Waals surface area contributed by atoms with E-state index in [0.717, 1.165) is 54.3 Å². The highest BCUT2D eigenvalue weighted by molar-refractivity contribution is 6.34. The van der Waals surface area contributed by atoms with Gasteiger partial charge >= 0.3 is 0 Å². The van der Waals surface area contributed by atoms with E-state index in [-0.39, 0.29) is 11.8 Å². The first-order valence-electron chi connectivity index (χ1n) is 8.31. The van der Waals surface area contributed by atoms with Crippen molar-refractivity contribution in [3.8, 4) is 0 Å². The molecule has 1 amide bonds. The van der Waals surface area contributed by atoms with Gasteiger partial charge in [0.15, 0.2) is 0 Å². The highest BCUT2D eigenvalue weighted by Gasteiger charge is 2.37. The minimum atomic E-state index is -0.328. The average Bonchev–Trinajstić information content (AvgIpc) is 2.54. The average molecular weight is 347 g/mol. The molecule has 1 unspecified atom stereocenters. The molecule has 1 fully saturated rings. The third kappa shape index (κ3) is 2.67. The van der Waals surface area contributed by atoms with Crippen LogP contribution in [0.4, 0.5) is 11.4 Å². The monoisotopic (exact) mass is 346 g/mol. The Hall–Kier alpha value is -2.01. The van der Waals surface area contributed by atoms with Crippen molar-refractivity contribution < 1.29 is 4.79 Å². The third-order valence-corrected chi connectivity index (χ3v) is 4.84. The number of piperidine rings is 1. The fourth-order valence-electron chi connectivity index (χ4n) is 3.54. The van der Waals surface area contributed by atoms with Crippen molar-refractivity contribution in [1.82, 2.24) is 4.90 Å². The van der Waals surface area contributed by atoms with Gasteiger partial charge in [-0.15, -0.1) is 0 Å². The molecule has 2 aliphatic heterocycles. The Bertz CT molecular complexity index is 739. The van der Waals surface area contributed by atoms with Crippen LogP contribution < -0.4 is 10.6 Å². The first-order chi connectivity index (χ1) is 11.5. The van der Waals surface area contributed by atoms with E-state index in [0.29, 0.717) is 5.02 Å². The molecule has 3 rings (SSSR count). The SMILES string of the molecule is CCC=C1c2c(ccc(Cl)c2N(C)C)N=C2C(C(N)=O)CCCN12. The number of benzene rings is 1. The smallest absolute Gasteiger partial charge is 0.228 e. The maximum absolute atomic E-state index is 11.9. The number of amidine groups is 1. The molecular formula is C18H23ClN4O. The van der Waals surface area contributed by atoms with Crippen LogP contribution in [0, 0.1) is 5.92 Å². The molecule has 0 saturated carbocycles. The summed E-state index contributed by atoms with van der Waals surface area (Å²) in [5, 5.41) is 0.697. The lowest BCUT2D eigenvalue weighted by molar-refractivity contribution is -0.120. The lowest BCUT2D eigenvalue weighted by atomic mass is 9.91. The molecule has 2 N–H and O–H groups in total. The van der Waals surface area contributed by atoms with Crippen LogP contribution in [0.5, 0.6) is 0 Å². The number of amides is 1. The molecular weight excluding hydrogens is 324 g/mol. The number of aliphatic imine (C=N–C) groups is 1. The van der Waals surface area contributed by atoms with Gasteiger partial charge in [-0.2, -0.15) is 0 Å².